The van der Waals surface area contributed by atoms with Crippen LogP contribution in [-0.2, 0) is 9.47 Å². The Morgan fingerprint density at radius 3 is 1.85 bits per heavy atom. The molecular weight excluding hydrogens is 438 g/mol. The van der Waals surface area contributed by atoms with Gasteiger partial charge in [0, 0.05) is 0 Å². The van der Waals surface area contributed by atoms with Crippen LogP contribution in [0.3, 0.4) is 0 Å². The van der Waals surface area contributed by atoms with Gasteiger partial charge in [-0.3, -0.25) is 5.32 Å². The summed E-state index contributed by atoms with van der Waals surface area (Å²) < 4.78 is 14.4. The first kappa shape index (κ1) is 29.3. The van der Waals surface area contributed by atoms with Gasteiger partial charge in [0.25, 0.3) is 0 Å². The fourth-order valence-corrected chi connectivity index (χ4v) is 3.68. The maximum absolute atomic E-state index is 12.1. The molecule has 0 radical (unpaired) electrons. The lowest BCUT2D eigenvalue weighted by atomic mass is 10.0. The van der Waals surface area contributed by atoms with Gasteiger partial charge in [-0.25, -0.2) is 14.4 Å². The van der Waals surface area contributed by atoms with Crippen molar-refractivity contribution in [2.45, 2.75) is 96.8 Å². The molecule has 0 unspecified atom stereocenters. The summed E-state index contributed by atoms with van der Waals surface area (Å²) in [6.45, 7) is 2.50. The molecule has 0 aliphatic carbocycles. The topological polar surface area (TPSA) is 111 Å². The number of anilines is 1. The predicted molar refractivity (Wildman–Crippen MR) is 132 cm³/mol. The molecule has 0 bridgehead atoms. The number of carboxylic acids is 1. The van der Waals surface area contributed by atoms with E-state index in [0.717, 1.165) is 26.4 Å². The van der Waals surface area contributed by atoms with Crippen LogP contribution in [0.25, 0.3) is 0 Å². The lowest BCUT2D eigenvalue weighted by molar-refractivity contribution is 0.0693. The second-order valence-electron chi connectivity index (χ2n) is 8.40. The summed E-state index contributed by atoms with van der Waals surface area (Å²) in [6, 6.07) is 4.14. The zero-order chi connectivity index (χ0) is 25.0. The summed E-state index contributed by atoms with van der Waals surface area (Å²) in [5.41, 5.74) is -0.388. The molecule has 1 aromatic carbocycles. The molecule has 1 amide bonds. The number of rotatable bonds is 18. The van der Waals surface area contributed by atoms with Crippen LogP contribution in [0.15, 0.2) is 18.2 Å². The van der Waals surface area contributed by atoms with E-state index in [9.17, 15) is 19.5 Å². The minimum absolute atomic E-state index is 0.0279. The van der Waals surface area contributed by atoms with E-state index in [1.807, 2.05) is 0 Å². The van der Waals surface area contributed by atoms with Crippen molar-refractivity contribution in [1.29, 1.82) is 0 Å². The van der Waals surface area contributed by atoms with E-state index >= 15 is 0 Å². The number of hydrogen-bond acceptors (Lipinski definition) is 6. The number of benzene rings is 1. The number of methoxy groups -OCH3 is 1. The van der Waals surface area contributed by atoms with Gasteiger partial charge in [-0.05, 0) is 18.6 Å². The third kappa shape index (κ3) is 13.1. The molecule has 0 fully saturated rings. The lowest BCUT2D eigenvalue weighted by Crippen LogP contribution is -2.18. The van der Waals surface area contributed by atoms with E-state index in [-0.39, 0.29) is 23.6 Å². The molecule has 0 aliphatic heterocycles. The van der Waals surface area contributed by atoms with Crippen LogP contribution in [0.4, 0.5) is 15.3 Å². The van der Waals surface area contributed by atoms with E-state index in [1.54, 1.807) is 0 Å². The van der Waals surface area contributed by atoms with E-state index in [0.29, 0.717) is 0 Å². The Kier molecular flexibility index (Phi) is 16.0. The molecule has 192 valence electrons. The van der Waals surface area contributed by atoms with Gasteiger partial charge < -0.3 is 19.3 Å². The van der Waals surface area contributed by atoms with E-state index in [1.165, 1.54) is 88.8 Å². The van der Waals surface area contributed by atoms with E-state index in [2.05, 4.69) is 17.0 Å². The van der Waals surface area contributed by atoms with Gasteiger partial charge in [-0.15, -0.1) is 0 Å². The molecule has 8 nitrogen and oxygen atoms in total. The molecule has 0 aromatic heterocycles. The number of nitrogens with one attached hydrogen (secondary N) is 1. The largest absolute Gasteiger partial charge is 0.513 e. The molecule has 1 rings (SSSR count). The standard InChI is InChI=1S/C26H41NO7/c1-3-4-5-6-7-8-9-10-11-12-13-14-15-16-20-33-25(30)27-21-18-17-19-22(23(21)24(28)29)34-26(31)32-2/h17-19H,3-16,20H2,1-2H3,(H,27,30)(H,28,29). The van der Waals surface area contributed by atoms with Crippen LogP contribution in [0, 0.1) is 0 Å². The summed E-state index contributed by atoms with van der Waals surface area (Å²) in [5, 5.41) is 11.8. The molecule has 0 heterocycles. The minimum Gasteiger partial charge on any atom is -0.477 e. The highest BCUT2D eigenvalue weighted by atomic mass is 16.7. The number of ether oxygens (including phenoxy) is 3. The molecule has 1 aromatic rings. The van der Waals surface area contributed by atoms with Crippen LogP contribution in [0.5, 0.6) is 5.75 Å². The highest BCUT2D eigenvalue weighted by Crippen LogP contribution is 2.27. The molecule has 0 aliphatic rings. The van der Waals surface area contributed by atoms with Gasteiger partial charge in [0.2, 0.25) is 0 Å². The van der Waals surface area contributed by atoms with Crippen molar-refractivity contribution in [1.82, 2.24) is 0 Å². The van der Waals surface area contributed by atoms with E-state index < -0.39 is 18.2 Å². The molecule has 34 heavy (non-hydrogen) atoms. The molecule has 0 spiro atoms. The molecule has 0 saturated carbocycles. The van der Waals surface area contributed by atoms with Gasteiger partial charge in [-0.1, -0.05) is 96.5 Å². The van der Waals surface area contributed by atoms with Gasteiger partial charge in [0.1, 0.15) is 5.56 Å². The van der Waals surface area contributed by atoms with Crippen LogP contribution in [0.2, 0.25) is 0 Å². The maximum Gasteiger partial charge on any atom is 0.513 e. The fraction of sp³-hybridized carbons (Fsp3) is 0.654. The van der Waals surface area contributed by atoms with Gasteiger partial charge in [-0.2, -0.15) is 0 Å². The third-order valence-corrected chi connectivity index (χ3v) is 5.57. The minimum atomic E-state index is -1.36. The normalized spacial score (nSPS) is 10.5. The number of aromatic carboxylic acids is 1. The van der Waals surface area contributed by atoms with Crippen molar-refractivity contribution in [2.24, 2.45) is 0 Å². The molecule has 2 N–H and O–H groups in total. The van der Waals surface area contributed by atoms with Crippen molar-refractivity contribution in [3.05, 3.63) is 23.8 Å². The summed E-state index contributed by atoms with van der Waals surface area (Å²) >= 11 is 0. The molecule has 0 saturated heterocycles. The van der Waals surface area contributed by atoms with Gasteiger partial charge in [0.05, 0.1) is 19.4 Å². The zero-order valence-electron chi connectivity index (χ0n) is 20.7. The lowest BCUT2D eigenvalue weighted by Gasteiger charge is -2.12. The van der Waals surface area contributed by atoms with Crippen LogP contribution in [0.1, 0.15) is 107 Å². The highest BCUT2D eigenvalue weighted by molar-refractivity contribution is 6.01. The second-order valence-corrected chi connectivity index (χ2v) is 8.40. The van der Waals surface area contributed by atoms with Crippen molar-refractivity contribution >= 4 is 23.9 Å². The molecular formula is C26H41NO7. The van der Waals surface area contributed by atoms with Crippen molar-refractivity contribution in [2.75, 3.05) is 19.0 Å². The first-order valence-corrected chi connectivity index (χ1v) is 12.6. The average Bonchev–Trinajstić information content (AvgIpc) is 2.81. The Bertz CT molecular complexity index is 736. The number of unbranched alkanes of at least 4 members (excludes halogenated alkanes) is 13. The fourth-order valence-electron chi connectivity index (χ4n) is 3.68. The van der Waals surface area contributed by atoms with Crippen LogP contribution < -0.4 is 10.1 Å². The summed E-state index contributed by atoms with van der Waals surface area (Å²) in [7, 11) is 1.11. The SMILES string of the molecule is CCCCCCCCCCCCCCCCOC(=O)Nc1cccc(OC(=O)OC)c1C(=O)O. The third-order valence-electron chi connectivity index (χ3n) is 5.57. The smallest absolute Gasteiger partial charge is 0.477 e. The Labute approximate surface area is 203 Å². The number of carboxylic acid groups (broad SMARTS) is 1. The predicted octanol–water partition coefficient (Wildman–Crippen LogP) is 7.56. The summed E-state index contributed by atoms with van der Waals surface area (Å²) in [4.78, 5) is 34.9. The maximum atomic E-state index is 12.1. The first-order chi connectivity index (χ1) is 16.5. The Morgan fingerprint density at radius 2 is 1.35 bits per heavy atom. The van der Waals surface area contributed by atoms with Crippen molar-refractivity contribution in [3.63, 3.8) is 0 Å². The summed E-state index contributed by atoms with van der Waals surface area (Å²) in [6.07, 6.45) is 15.6. The quantitative estimate of drug-likeness (QED) is 0.127. The average molecular weight is 480 g/mol. The van der Waals surface area contributed by atoms with Crippen LogP contribution >= 0.6 is 0 Å². The molecule has 8 heteroatoms. The number of amides is 1. The Hall–Kier alpha value is -2.77. The molecule has 0 atom stereocenters. The Balaban J connectivity index is 2.16. The second kappa shape index (κ2) is 18.6. The first-order valence-electron chi connectivity index (χ1n) is 12.6. The summed E-state index contributed by atoms with van der Waals surface area (Å²) in [5.74, 6) is -1.59. The van der Waals surface area contributed by atoms with Gasteiger partial charge >= 0.3 is 18.2 Å². The zero-order valence-corrected chi connectivity index (χ0v) is 20.7. The van der Waals surface area contributed by atoms with Crippen LogP contribution in [-0.4, -0.2) is 37.0 Å². The monoisotopic (exact) mass is 479 g/mol. The number of carbonyl (C=O) groups is 3. The van der Waals surface area contributed by atoms with Crippen molar-refractivity contribution < 1.29 is 33.7 Å². The van der Waals surface area contributed by atoms with Crippen molar-refractivity contribution in [3.8, 4) is 5.75 Å². The van der Waals surface area contributed by atoms with E-state index in [4.69, 9.17) is 9.47 Å². The Morgan fingerprint density at radius 1 is 0.824 bits per heavy atom. The van der Waals surface area contributed by atoms with Gasteiger partial charge in [0.15, 0.2) is 5.75 Å². The highest BCUT2D eigenvalue weighted by Gasteiger charge is 2.21. The number of carbonyl (C=O) groups excluding carboxylic acids is 2. The number of hydrogen-bond donors (Lipinski definition) is 2.